The lowest BCUT2D eigenvalue weighted by Gasteiger charge is -2.36. The summed E-state index contributed by atoms with van der Waals surface area (Å²) in [5.41, 5.74) is 3.47. The lowest BCUT2D eigenvalue weighted by atomic mass is 10.1. The van der Waals surface area contributed by atoms with Gasteiger partial charge in [0.05, 0.1) is 23.0 Å². The number of rotatable bonds is 4. The van der Waals surface area contributed by atoms with E-state index in [2.05, 4.69) is 0 Å². The van der Waals surface area contributed by atoms with Crippen molar-refractivity contribution in [3.05, 3.63) is 59.2 Å². The van der Waals surface area contributed by atoms with Gasteiger partial charge in [-0.05, 0) is 55.7 Å². The van der Waals surface area contributed by atoms with Gasteiger partial charge in [-0.3, -0.25) is 14.5 Å². The first-order chi connectivity index (χ1) is 14.7. The highest BCUT2D eigenvalue weighted by atomic mass is 32.2. The van der Waals surface area contributed by atoms with Gasteiger partial charge in [-0.15, -0.1) is 0 Å². The third kappa shape index (κ3) is 3.91. The van der Waals surface area contributed by atoms with Gasteiger partial charge >= 0.3 is 0 Å². The molecule has 0 saturated carbocycles. The largest absolute Gasteiger partial charge is 0.289 e. The highest BCUT2D eigenvalue weighted by Gasteiger charge is 2.44. The number of nitrogens with zero attached hydrogens (tertiary/aromatic N) is 3. The molecule has 2 aromatic rings. The second-order valence-corrected chi connectivity index (χ2v) is 10.2. The Balaban J connectivity index is 1.46. The van der Waals surface area contributed by atoms with Crippen molar-refractivity contribution >= 4 is 27.5 Å². The average Bonchev–Trinajstić information content (AvgIpc) is 3.04. The monoisotopic (exact) mass is 441 g/mol. The lowest BCUT2D eigenvalue weighted by molar-refractivity contribution is -0.123. The molecular formula is C23H27N3O4S. The lowest BCUT2D eigenvalue weighted by Crippen LogP contribution is -2.53. The summed E-state index contributed by atoms with van der Waals surface area (Å²) < 4.78 is 27.6. The number of para-hydroxylation sites is 1. The molecular weight excluding hydrogens is 414 g/mol. The van der Waals surface area contributed by atoms with Crippen LogP contribution in [0.2, 0.25) is 0 Å². The summed E-state index contributed by atoms with van der Waals surface area (Å²) in [6, 6.07) is 12.0. The average molecular weight is 442 g/mol. The molecule has 2 aliphatic heterocycles. The topological polar surface area (TPSA) is 78.0 Å². The number of anilines is 1. The number of sulfonamides is 1. The van der Waals surface area contributed by atoms with E-state index in [0.717, 1.165) is 16.7 Å². The number of carbonyl (C=O) groups is 2. The van der Waals surface area contributed by atoms with E-state index in [4.69, 9.17) is 0 Å². The third-order valence-corrected chi connectivity index (χ3v) is 8.20. The van der Waals surface area contributed by atoms with Crippen LogP contribution in [0.1, 0.15) is 23.1 Å². The van der Waals surface area contributed by atoms with Gasteiger partial charge in [0.2, 0.25) is 15.9 Å². The molecule has 0 aromatic heterocycles. The minimum Gasteiger partial charge on any atom is -0.289 e. The fourth-order valence-electron chi connectivity index (χ4n) is 4.25. The standard InChI is InChI=1S/C23H27N3O4S/c1-16-8-9-19(14-18(16)3)31(29,30)25-12-10-24(11-13-25)21-15-22(27)26(23(21)28)20-7-5-4-6-17(20)2/h4-9,14,21H,10-13,15H2,1-3H3/t21-/m0/s1. The summed E-state index contributed by atoms with van der Waals surface area (Å²) in [6.07, 6.45) is 0.122. The molecule has 0 bridgehead atoms. The number of benzene rings is 2. The molecule has 4 rings (SSSR count). The quantitative estimate of drug-likeness (QED) is 0.680. The highest BCUT2D eigenvalue weighted by molar-refractivity contribution is 7.89. The molecule has 0 aliphatic carbocycles. The summed E-state index contributed by atoms with van der Waals surface area (Å²) in [7, 11) is -3.59. The van der Waals surface area contributed by atoms with Crippen molar-refractivity contribution in [2.45, 2.75) is 38.1 Å². The van der Waals surface area contributed by atoms with Gasteiger partial charge in [0.1, 0.15) is 0 Å². The van der Waals surface area contributed by atoms with Crippen LogP contribution in [0, 0.1) is 20.8 Å². The predicted molar refractivity (Wildman–Crippen MR) is 118 cm³/mol. The molecule has 2 amide bonds. The van der Waals surface area contributed by atoms with E-state index in [9.17, 15) is 18.0 Å². The third-order valence-electron chi connectivity index (χ3n) is 6.31. The maximum atomic E-state index is 13.1. The molecule has 164 valence electrons. The summed E-state index contributed by atoms with van der Waals surface area (Å²) in [5, 5.41) is 0. The molecule has 2 heterocycles. The molecule has 0 unspecified atom stereocenters. The Kier molecular flexibility index (Phi) is 5.72. The number of hydrogen-bond donors (Lipinski definition) is 0. The van der Waals surface area contributed by atoms with Crippen LogP contribution in [0.25, 0.3) is 0 Å². The minimum absolute atomic E-state index is 0.122. The Bertz CT molecular complexity index is 1140. The smallest absolute Gasteiger partial charge is 0.251 e. The molecule has 2 saturated heterocycles. The van der Waals surface area contributed by atoms with Gasteiger partial charge in [0, 0.05) is 26.2 Å². The van der Waals surface area contributed by atoms with Crippen molar-refractivity contribution in [1.82, 2.24) is 9.21 Å². The van der Waals surface area contributed by atoms with Crippen molar-refractivity contribution in [3.63, 3.8) is 0 Å². The van der Waals surface area contributed by atoms with Crippen LogP contribution in [-0.2, 0) is 19.6 Å². The molecule has 8 heteroatoms. The summed E-state index contributed by atoms with van der Waals surface area (Å²) in [6.45, 7) is 7.12. The number of piperazine rings is 1. The van der Waals surface area contributed by atoms with E-state index in [0.29, 0.717) is 23.7 Å². The van der Waals surface area contributed by atoms with Gasteiger partial charge in [0.15, 0.2) is 0 Å². The van der Waals surface area contributed by atoms with Crippen molar-refractivity contribution in [2.75, 3.05) is 31.1 Å². The summed E-state index contributed by atoms with van der Waals surface area (Å²) in [4.78, 5) is 29.2. The van der Waals surface area contributed by atoms with E-state index in [1.807, 2.05) is 49.9 Å². The second kappa shape index (κ2) is 8.18. The minimum atomic E-state index is -3.59. The van der Waals surface area contributed by atoms with Crippen LogP contribution in [0.4, 0.5) is 5.69 Å². The number of hydrogen-bond acceptors (Lipinski definition) is 5. The first kappa shape index (κ1) is 21.7. The number of aryl methyl sites for hydroxylation is 3. The fourth-order valence-corrected chi connectivity index (χ4v) is 5.76. The van der Waals surface area contributed by atoms with Gasteiger partial charge in [-0.25, -0.2) is 13.3 Å². The van der Waals surface area contributed by atoms with Crippen LogP contribution in [0.15, 0.2) is 47.4 Å². The second-order valence-electron chi connectivity index (χ2n) is 8.26. The van der Waals surface area contributed by atoms with Crippen molar-refractivity contribution in [2.24, 2.45) is 0 Å². The number of carbonyl (C=O) groups excluding carboxylic acids is 2. The highest BCUT2D eigenvalue weighted by Crippen LogP contribution is 2.29. The maximum Gasteiger partial charge on any atom is 0.251 e. The zero-order valence-corrected chi connectivity index (χ0v) is 18.9. The van der Waals surface area contributed by atoms with Crippen LogP contribution < -0.4 is 4.90 Å². The molecule has 2 fully saturated rings. The number of imide groups is 1. The molecule has 7 nitrogen and oxygen atoms in total. The normalized spacial score (nSPS) is 21.1. The zero-order valence-electron chi connectivity index (χ0n) is 18.0. The molecule has 2 aliphatic rings. The van der Waals surface area contributed by atoms with E-state index < -0.39 is 16.1 Å². The van der Waals surface area contributed by atoms with Gasteiger partial charge in [-0.2, -0.15) is 4.31 Å². The van der Waals surface area contributed by atoms with Crippen LogP contribution >= 0.6 is 0 Å². The SMILES string of the molecule is Cc1ccc(S(=O)(=O)N2CCN([C@H]3CC(=O)N(c4ccccc4C)C3=O)CC2)cc1C. The van der Waals surface area contributed by atoms with E-state index in [-0.39, 0.29) is 31.3 Å². The molecule has 1 atom stereocenters. The molecule has 0 N–H and O–H groups in total. The molecule has 0 radical (unpaired) electrons. The van der Waals surface area contributed by atoms with Crippen molar-refractivity contribution in [3.8, 4) is 0 Å². The molecule has 31 heavy (non-hydrogen) atoms. The van der Waals surface area contributed by atoms with Gasteiger partial charge in [-0.1, -0.05) is 24.3 Å². The van der Waals surface area contributed by atoms with Crippen molar-refractivity contribution < 1.29 is 18.0 Å². The number of amides is 2. The van der Waals surface area contributed by atoms with E-state index in [1.54, 1.807) is 18.2 Å². The maximum absolute atomic E-state index is 13.1. The Hall–Kier alpha value is -2.55. The Labute approximate surface area is 183 Å². The van der Waals surface area contributed by atoms with Crippen LogP contribution in [-0.4, -0.2) is 61.7 Å². The van der Waals surface area contributed by atoms with Gasteiger partial charge < -0.3 is 0 Å². The van der Waals surface area contributed by atoms with Crippen LogP contribution in [0.5, 0.6) is 0 Å². The van der Waals surface area contributed by atoms with Crippen LogP contribution in [0.3, 0.4) is 0 Å². The Morgan fingerprint density at radius 1 is 0.839 bits per heavy atom. The zero-order chi connectivity index (χ0) is 22.3. The first-order valence-corrected chi connectivity index (χ1v) is 11.9. The van der Waals surface area contributed by atoms with E-state index in [1.165, 1.54) is 9.21 Å². The van der Waals surface area contributed by atoms with Gasteiger partial charge in [0.25, 0.3) is 5.91 Å². The summed E-state index contributed by atoms with van der Waals surface area (Å²) >= 11 is 0. The molecule has 2 aromatic carbocycles. The summed E-state index contributed by atoms with van der Waals surface area (Å²) in [5.74, 6) is -0.445. The van der Waals surface area contributed by atoms with E-state index >= 15 is 0 Å². The Morgan fingerprint density at radius 2 is 1.52 bits per heavy atom. The van der Waals surface area contributed by atoms with Crippen molar-refractivity contribution in [1.29, 1.82) is 0 Å². The molecule has 0 spiro atoms. The first-order valence-electron chi connectivity index (χ1n) is 10.4. The predicted octanol–water partition coefficient (Wildman–Crippen LogP) is 2.25. The Morgan fingerprint density at radius 3 is 2.16 bits per heavy atom. The fraction of sp³-hybridized carbons (Fsp3) is 0.391.